The lowest BCUT2D eigenvalue weighted by atomic mass is 9.79. The second-order valence-corrected chi connectivity index (χ2v) is 2.87. The summed E-state index contributed by atoms with van der Waals surface area (Å²) in [7, 11) is -1.81. The maximum absolute atomic E-state index is 13.0. The first-order valence-electron chi connectivity index (χ1n) is 4.38. The zero-order valence-corrected chi connectivity index (χ0v) is 8.11. The molecule has 0 radical (unpaired) electrons. The first-order chi connectivity index (χ1) is 7.04. The fourth-order valence-corrected chi connectivity index (χ4v) is 1.09. The summed E-state index contributed by atoms with van der Waals surface area (Å²) in [4.78, 5) is 11.2. The van der Waals surface area contributed by atoms with Crippen LogP contribution in [-0.4, -0.2) is 29.7 Å². The molecule has 6 heteroatoms. The van der Waals surface area contributed by atoms with Gasteiger partial charge in [0.1, 0.15) is 5.82 Å². The molecule has 4 nitrogen and oxygen atoms in total. The largest absolute Gasteiger partial charge is 0.488 e. The average molecular weight is 212 g/mol. The highest BCUT2D eigenvalue weighted by molar-refractivity contribution is 6.58. The highest BCUT2D eigenvalue weighted by Crippen LogP contribution is 2.04. The molecule has 2 N–H and O–H groups in total. The number of halogens is 1. The number of hydrogen-bond donors (Lipinski definition) is 2. The molecule has 1 aromatic carbocycles. The molecule has 0 aliphatic carbocycles. The van der Waals surface area contributed by atoms with E-state index in [4.69, 9.17) is 10.0 Å². The van der Waals surface area contributed by atoms with Crippen molar-refractivity contribution in [1.29, 1.82) is 0 Å². The Kier molecular flexibility index (Phi) is 3.82. The number of benzene rings is 1. The molecule has 0 aromatic heterocycles. The third-order valence-electron chi connectivity index (χ3n) is 1.73. The van der Waals surface area contributed by atoms with Crippen molar-refractivity contribution in [2.24, 2.45) is 0 Å². The zero-order chi connectivity index (χ0) is 11.4. The van der Waals surface area contributed by atoms with Gasteiger partial charge in [0.2, 0.25) is 0 Å². The summed E-state index contributed by atoms with van der Waals surface area (Å²) in [6.45, 7) is 1.80. The Balaban J connectivity index is 3.03. The molecule has 0 fully saturated rings. The van der Waals surface area contributed by atoms with Crippen LogP contribution in [0.25, 0.3) is 0 Å². The Hall–Kier alpha value is -1.40. The second kappa shape index (κ2) is 4.90. The molecular formula is C9H10BFO4. The van der Waals surface area contributed by atoms with E-state index in [-0.39, 0.29) is 17.6 Å². The van der Waals surface area contributed by atoms with E-state index in [1.807, 2.05) is 0 Å². The molecule has 0 unspecified atom stereocenters. The molecule has 0 heterocycles. The zero-order valence-electron chi connectivity index (χ0n) is 8.11. The molecule has 0 bridgehead atoms. The summed E-state index contributed by atoms with van der Waals surface area (Å²) in [5.74, 6) is -1.41. The molecule has 0 atom stereocenters. The van der Waals surface area contributed by atoms with Crippen LogP contribution >= 0.6 is 0 Å². The van der Waals surface area contributed by atoms with Crippen LogP contribution in [0.15, 0.2) is 18.2 Å². The van der Waals surface area contributed by atoms with Gasteiger partial charge in [-0.1, -0.05) is 0 Å². The van der Waals surface area contributed by atoms with Gasteiger partial charge in [0.15, 0.2) is 0 Å². The number of hydrogen-bond acceptors (Lipinski definition) is 4. The normalized spacial score (nSPS) is 9.87. The summed E-state index contributed by atoms with van der Waals surface area (Å²) < 4.78 is 17.6. The lowest BCUT2D eigenvalue weighted by molar-refractivity contribution is 0.0526. The summed E-state index contributed by atoms with van der Waals surface area (Å²) in [5.41, 5.74) is -0.127. The lowest BCUT2D eigenvalue weighted by Crippen LogP contribution is -2.31. The molecule has 0 spiro atoms. The van der Waals surface area contributed by atoms with Crippen molar-refractivity contribution in [1.82, 2.24) is 0 Å². The Labute approximate surface area is 86.4 Å². The molecular weight excluding hydrogens is 202 g/mol. The van der Waals surface area contributed by atoms with Crippen molar-refractivity contribution in [2.45, 2.75) is 6.92 Å². The van der Waals surface area contributed by atoms with Crippen molar-refractivity contribution < 1.29 is 24.0 Å². The number of carbonyl (C=O) groups excluding carboxylic acids is 1. The van der Waals surface area contributed by atoms with Gasteiger partial charge in [0.05, 0.1) is 12.2 Å². The van der Waals surface area contributed by atoms with Gasteiger partial charge >= 0.3 is 13.1 Å². The van der Waals surface area contributed by atoms with E-state index in [2.05, 4.69) is 4.74 Å². The van der Waals surface area contributed by atoms with Crippen molar-refractivity contribution in [3.05, 3.63) is 29.6 Å². The number of rotatable bonds is 3. The smallest absolute Gasteiger partial charge is 0.462 e. The van der Waals surface area contributed by atoms with Crippen molar-refractivity contribution >= 4 is 18.6 Å². The number of esters is 1. The van der Waals surface area contributed by atoms with E-state index in [1.54, 1.807) is 6.92 Å². The predicted octanol–water partition coefficient (Wildman–Crippen LogP) is -0.318. The molecule has 80 valence electrons. The summed E-state index contributed by atoms with van der Waals surface area (Å²) in [5, 5.41) is 17.6. The van der Waals surface area contributed by atoms with Gasteiger partial charge in [-0.15, -0.1) is 0 Å². The first kappa shape index (κ1) is 11.7. The van der Waals surface area contributed by atoms with Gasteiger partial charge in [-0.25, -0.2) is 9.18 Å². The van der Waals surface area contributed by atoms with E-state index in [9.17, 15) is 9.18 Å². The highest BCUT2D eigenvalue weighted by Gasteiger charge is 2.16. The van der Waals surface area contributed by atoms with Crippen molar-refractivity contribution in [3.63, 3.8) is 0 Å². The summed E-state index contributed by atoms with van der Waals surface area (Å²) >= 11 is 0. The quantitative estimate of drug-likeness (QED) is 0.532. The molecule has 1 aromatic rings. The first-order valence-corrected chi connectivity index (χ1v) is 4.38. The van der Waals surface area contributed by atoms with Gasteiger partial charge in [-0.05, 0) is 30.6 Å². The molecule has 1 rings (SSSR count). The van der Waals surface area contributed by atoms with Crippen LogP contribution in [0.4, 0.5) is 4.39 Å². The molecule has 0 aliphatic heterocycles. The van der Waals surface area contributed by atoms with E-state index in [1.165, 1.54) is 6.07 Å². The highest BCUT2D eigenvalue weighted by atomic mass is 19.1. The third kappa shape index (κ3) is 3.04. The Bertz CT molecular complexity index is 367. The minimum absolute atomic E-state index is 0.0417. The SMILES string of the molecule is CCOC(=O)c1cc(F)cc(B(O)O)c1. The van der Waals surface area contributed by atoms with Crippen LogP contribution in [0.1, 0.15) is 17.3 Å². The number of carbonyl (C=O) groups is 1. The van der Waals surface area contributed by atoms with Crippen molar-refractivity contribution in [3.8, 4) is 0 Å². The maximum Gasteiger partial charge on any atom is 0.488 e. The van der Waals surface area contributed by atoms with Crippen LogP contribution in [0.2, 0.25) is 0 Å². The minimum atomic E-state index is -1.81. The van der Waals surface area contributed by atoms with E-state index in [0.717, 1.165) is 12.1 Å². The maximum atomic E-state index is 13.0. The lowest BCUT2D eigenvalue weighted by Gasteiger charge is -2.04. The Morgan fingerprint density at radius 1 is 1.47 bits per heavy atom. The van der Waals surface area contributed by atoms with Crippen molar-refractivity contribution in [2.75, 3.05) is 6.61 Å². The number of ether oxygens (including phenoxy) is 1. The van der Waals surface area contributed by atoms with Gasteiger partial charge in [-0.2, -0.15) is 0 Å². The Morgan fingerprint density at radius 2 is 2.13 bits per heavy atom. The molecule has 15 heavy (non-hydrogen) atoms. The van der Waals surface area contributed by atoms with Gasteiger partial charge in [0.25, 0.3) is 0 Å². The van der Waals surface area contributed by atoms with Crippen LogP contribution < -0.4 is 5.46 Å². The standard InChI is InChI=1S/C9H10BFO4/c1-2-15-9(12)6-3-7(10(13)14)5-8(11)4-6/h3-5,13-14H,2H2,1H3. The van der Waals surface area contributed by atoms with Crippen LogP contribution in [0.5, 0.6) is 0 Å². The van der Waals surface area contributed by atoms with E-state index < -0.39 is 18.9 Å². The average Bonchev–Trinajstić information content (AvgIpc) is 2.17. The van der Waals surface area contributed by atoms with Gasteiger partial charge < -0.3 is 14.8 Å². The second-order valence-electron chi connectivity index (χ2n) is 2.87. The molecule has 0 saturated carbocycles. The molecule has 0 saturated heterocycles. The predicted molar refractivity (Wildman–Crippen MR) is 52.2 cm³/mol. The topological polar surface area (TPSA) is 66.8 Å². The minimum Gasteiger partial charge on any atom is -0.462 e. The van der Waals surface area contributed by atoms with Gasteiger partial charge in [0, 0.05) is 0 Å². The van der Waals surface area contributed by atoms with Gasteiger partial charge in [-0.3, -0.25) is 0 Å². The third-order valence-corrected chi connectivity index (χ3v) is 1.73. The van der Waals surface area contributed by atoms with Crippen LogP contribution in [0.3, 0.4) is 0 Å². The summed E-state index contributed by atoms with van der Waals surface area (Å²) in [6, 6.07) is 3.09. The monoisotopic (exact) mass is 212 g/mol. The fourth-order valence-electron chi connectivity index (χ4n) is 1.09. The van der Waals surface area contributed by atoms with E-state index >= 15 is 0 Å². The molecule has 0 amide bonds. The Morgan fingerprint density at radius 3 is 2.67 bits per heavy atom. The van der Waals surface area contributed by atoms with Crippen LogP contribution in [-0.2, 0) is 4.74 Å². The van der Waals surface area contributed by atoms with E-state index in [0.29, 0.717) is 0 Å². The molecule has 0 aliphatic rings. The van der Waals surface area contributed by atoms with Crippen LogP contribution in [0, 0.1) is 5.82 Å². The fraction of sp³-hybridized carbons (Fsp3) is 0.222. The summed E-state index contributed by atoms with van der Waals surface area (Å²) in [6.07, 6.45) is 0.